The van der Waals surface area contributed by atoms with Crippen LogP contribution in [0.5, 0.6) is 0 Å². The first-order chi connectivity index (χ1) is 5.90. The van der Waals surface area contributed by atoms with E-state index < -0.39 is 0 Å². The van der Waals surface area contributed by atoms with Crippen LogP contribution in [-0.4, -0.2) is 23.2 Å². The molecule has 1 aliphatic rings. The Kier molecular flexibility index (Phi) is 2.06. The SMILES string of the molecule is OCc1ccnc(C2CNC2)c1. The summed E-state index contributed by atoms with van der Waals surface area (Å²) >= 11 is 0. The lowest BCUT2D eigenvalue weighted by Crippen LogP contribution is -2.40. The minimum Gasteiger partial charge on any atom is -0.392 e. The van der Waals surface area contributed by atoms with Crippen LogP contribution < -0.4 is 5.32 Å². The lowest BCUT2D eigenvalue weighted by Gasteiger charge is -2.26. The highest BCUT2D eigenvalue weighted by molar-refractivity contribution is 5.20. The minimum absolute atomic E-state index is 0.107. The van der Waals surface area contributed by atoms with Gasteiger partial charge in [0.25, 0.3) is 0 Å². The fourth-order valence-electron chi connectivity index (χ4n) is 1.31. The maximum absolute atomic E-state index is 8.89. The van der Waals surface area contributed by atoms with Gasteiger partial charge in [-0.05, 0) is 17.7 Å². The highest BCUT2D eigenvalue weighted by Crippen LogP contribution is 2.17. The summed E-state index contributed by atoms with van der Waals surface area (Å²) in [6.45, 7) is 2.14. The van der Waals surface area contributed by atoms with Crippen molar-refractivity contribution in [2.75, 3.05) is 13.1 Å². The normalized spacial score (nSPS) is 17.4. The third kappa shape index (κ3) is 1.33. The van der Waals surface area contributed by atoms with E-state index in [1.807, 2.05) is 12.1 Å². The Balaban J connectivity index is 2.19. The van der Waals surface area contributed by atoms with E-state index in [0.717, 1.165) is 24.3 Å². The standard InChI is InChI=1S/C9H12N2O/c12-6-7-1-2-11-9(3-7)8-4-10-5-8/h1-3,8,10,12H,4-6H2. The fourth-order valence-corrected chi connectivity index (χ4v) is 1.31. The van der Waals surface area contributed by atoms with Gasteiger partial charge in [-0.3, -0.25) is 4.98 Å². The maximum atomic E-state index is 8.89. The average Bonchev–Trinajstić information content (AvgIpc) is 2.02. The van der Waals surface area contributed by atoms with Crippen molar-refractivity contribution in [3.8, 4) is 0 Å². The van der Waals surface area contributed by atoms with Gasteiger partial charge in [0, 0.05) is 30.9 Å². The van der Waals surface area contributed by atoms with Gasteiger partial charge in [-0.1, -0.05) is 0 Å². The minimum atomic E-state index is 0.107. The smallest absolute Gasteiger partial charge is 0.0683 e. The number of rotatable bonds is 2. The molecule has 2 heterocycles. The molecule has 3 nitrogen and oxygen atoms in total. The van der Waals surface area contributed by atoms with Crippen LogP contribution in [0.3, 0.4) is 0 Å². The number of nitrogens with one attached hydrogen (secondary N) is 1. The molecule has 0 atom stereocenters. The van der Waals surface area contributed by atoms with Crippen molar-refractivity contribution >= 4 is 0 Å². The first kappa shape index (κ1) is 7.71. The number of hydrogen-bond donors (Lipinski definition) is 2. The molecular formula is C9H12N2O. The summed E-state index contributed by atoms with van der Waals surface area (Å²) in [5.41, 5.74) is 2.05. The van der Waals surface area contributed by atoms with Crippen LogP contribution in [0.25, 0.3) is 0 Å². The molecule has 0 aromatic carbocycles. The van der Waals surface area contributed by atoms with Crippen LogP contribution in [0.2, 0.25) is 0 Å². The van der Waals surface area contributed by atoms with E-state index in [4.69, 9.17) is 5.11 Å². The first-order valence-electron chi connectivity index (χ1n) is 4.16. The van der Waals surface area contributed by atoms with E-state index in [1.165, 1.54) is 0 Å². The summed E-state index contributed by atoms with van der Waals surface area (Å²) in [6.07, 6.45) is 1.76. The molecule has 64 valence electrons. The predicted molar refractivity (Wildman–Crippen MR) is 45.8 cm³/mol. The third-order valence-electron chi connectivity index (χ3n) is 2.23. The molecule has 0 unspecified atom stereocenters. The molecule has 1 aromatic heterocycles. The monoisotopic (exact) mass is 164 g/mol. The third-order valence-corrected chi connectivity index (χ3v) is 2.23. The summed E-state index contributed by atoms with van der Waals surface area (Å²) in [6, 6.07) is 3.82. The van der Waals surface area contributed by atoms with Gasteiger partial charge in [-0.25, -0.2) is 0 Å². The zero-order valence-corrected chi connectivity index (χ0v) is 6.83. The molecule has 2 N–H and O–H groups in total. The number of pyridine rings is 1. The molecule has 1 fully saturated rings. The Labute approximate surface area is 71.4 Å². The lowest BCUT2D eigenvalue weighted by atomic mass is 9.98. The van der Waals surface area contributed by atoms with E-state index >= 15 is 0 Å². The number of aliphatic hydroxyl groups is 1. The maximum Gasteiger partial charge on any atom is 0.0683 e. The quantitative estimate of drug-likeness (QED) is 0.659. The highest BCUT2D eigenvalue weighted by Gasteiger charge is 2.19. The van der Waals surface area contributed by atoms with Crippen molar-refractivity contribution in [2.24, 2.45) is 0 Å². The Morgan fingerprint density at radius 1 is 1.58 bits per heavy atom. The number of aliphatic hydroxyl groups excluding tert-OH is 1. The second-order valence-electron chi connectivity index (χ2n) is 3.10. The van der Waals surface area contributed by atoms with Crippen molar-refractivity contribution in [1.29, 1.82) is 0 Å². The highest BCUT2D eigenvalue weighted by atomic mass is 16.3. The molecule has 0 aliphatic carbocycles. The van der Waals surface area contributed by atoms with E-state index in [1.54, 1.807) is 6.20 Å². The molecule has 1 aliphatic heterocycles. The van der Waals surface area contributed by atoms with Crippen LogP contribution in [-0.2, 0) is 6.61 Å². The largest absolute Gasteiger partial charge is 0.392 e. The van der Waals surface area contributed by atoms with Crippen molar-refractivity contribution in [3.63, 3.8) is 0 Å². The van der Waals surface area contributed by atoms with Gasteiger partial charge in [0.1, 0.15) is 0 Å². The van der Waals surface area contributed by atoms with Crippen LogP contribution in [0.15, 0.2) is 18.3 Å². The molecule has 0 amide bonds. The second-order valence-corrected chi connectivity index (χ2v) is 3.10. The van der Waals surface area contributed by atoms with Crippen LogP contribution >= 0.6 is 0 Å². The summed E-state index contributed by atoms with van der Waals surface area (Å²) in [4.78, 5) is 4.26. The molecule has 12 heavy (non-hydrogen) atoms. The average molecular weight is 164 g/mol. The van der Waals surface area contributed by atoms with Crippen molar-refractivity contribution in [3.05, 3.63) is 29.6 Å². The molecule has 1 aromatic rings. The molecule has 0 bridgehead atoms. The van der Waals surface area contributed by atoms with Gasteiger partial charge in [-0.15, -0.1) is 0 Å². The van der Waals surface area contributed by atoms with Gasteiger partial charge in [-0.2, -0.15) is 0 Å². The van der Waals surface area contributed by atoms with Crippen molar-refractivity contribution in [2.45, 2.75) is 12.5 Å². The van der Waals surface area contributed by atoms with Crippen molar-refractivity contribution in [1.82, 2.24) is 10.3 Å². The zero-order chi connectivity index (χ0) is 8.39. The van der Waals surface area contributed by atoms with Crippen molar-refractivity contribution < 1.29 is 5.11 Å². The molecular weight excluding hydrogens is 152 g/mol. The van der Waals surface area contributed by atoms with Gasteiger partial charge in [0.15, 0.2) is 0 Å². The van der Waals surface area contributed by atoms with Gasteiger partial charge < -0.3 is 10.4 Å². The van der Waals surface area contributed by atoms with Gasteiger partial charge in [0.2, 0.25) is 0 Å². The topological polar surface area (TPSA) is 45.2 Å². The molecule has 2 rings (SSSR count). The van der Waals surface area contributed by atoms with Crippen LogP contribution in [0.1, 0.15) is 17.2 Å². The Bertz CT molecular complexity index is 271. The summed E-state index contributed by atoms with van der Waals surface area (Å²) in [5.74, 6) is 0.552. The summed E-state index contributed by atoms with van der Waals surface area (Å²) < 4.78 is 0. The van der Waals surface area contributed by atoms with Gasteiger partial charge in [0.05, 0.1) is 6.61 Å². The number of nitrogens with zero attached hydrogens (tertiary/aromatic N) is 1. The fraction of sp³-hybridized carbons (Fsp3) is 0.444. The lowest BCUT2D eigenvalue weighted by molar-refractivity contribution is 0.281. The van der Waals surface area contributed by atoms with Gasteiger partial charge >= 0.3 is 0 Å². The predicted octanol–water partition coefficient (Wildman–Crippen LogP) is 0.261. The Morgan fingerprint density at radius 2 is 2.42 bits per heavy atom. The number of aromatic nitrogens is 1. The van der Waals surface area contributed by atoms with Crippen LogP contribution in [0.4, 0.5) is 0 Å². The summed E-state index contributed by atoms with van der Waals surface area (Å²) in [5, 5.41) is 12.1. The Morgan fingerprint density at radius 3 is 3.00 bits per heavy atom. The van der Waals surface area contributed by atoms with E-state index in [-0.39, 0.29) is 6.61 Å². The summed E-state index contributed by atoms with van der Waals surface area (Å²) in [7, 11) is 0. The van der Waals surface area contributed by atoms with E-state index in [0.29, 0.717) is 5.92 Å². The zero-order valence-electron chi connectivity index (χ0n) is 6.83. The number of hydrogen-bond acceptors (Lipinski definition) is 3. The molecule has 3 heteroatoms. The Hall–Kier alpha value is -0.930. The molecule has 1 saturated heterocycles. The molecule has 0 spiro atoms. The van der Waals surface area contributed by atoms with E-state index in [9.17, 15) is 0 Å². The molecule has 0 radical (unpaired) electrons. The van der Waals surface area contributed by atoms with E-state index in [2.05, 4.69) is 10.3 Å². The van der Waals surface area contributed by atoms with Crippen LogP contribution in [0, 0.1) is 0 Å². The first-order valence-corrected chi connectivity index (χ1v) is 4.16. The second kappa shape index (κ2) is 3.21. The molecule has 0 saturated carbocycles.